The Hall–Kier alpha value is -3.60. The van der Waals surface area contributed by atoms with E-state index in [9.17, 15) is 22.0 Å². The molecule has 0 bridgehead atoms. The number of H-pyrrole nitrogens is 1. The molecule has 2 unspecified atom stereocenters. The molecule has 1 aliphatic rings. The van der Waals surface area contributed by atoms with Crippen LogP contribution in [0, 0.1) is 5.82 Å². The first-order valence-corrected chi connectivity index (χ1v) is 10.9. The molecule has 0 aliphatic heterocycles. The smallest absolute Gasteiger partial charge is 0.417 e. The highest BCUT2D eigenvalue weighted by molar-refractivity contribution is 6.30. The van der Waals surface area contributed by atoms with Crippen molar-refractivity contribution in [1.82, 2.24) is 15.0 Å². The number of hydrogen-bond acceptors (Lipinski definition) is 5. The van der Waals surface area contributed by atoms with Crippen LogP contribution in [0.1, 0.15) is 48.1 Å². The van der Waals surface area contributed by atoms with Gasteiger partial charge in [0.1, 0.15) is 29.3 Å². The number of alkyl halides is 3. The third kappa shape index (κ3) is 6.14. The van der Waals surface area contributed by atoms with E-state index in [1.807, 2.05) is 0 Å². The number of imidazole rings is 1. The number of pyridine rings is 1. The van der Waals surface area contributed by atoms with E-state index < -0.39 is 29.5 Å². The summed E-state index contributed by atoms with van der Waals surface area (Å²) in [5.41, 5.74) is 5.05. The Morgan fingerprint density at radius 3 is 2.64 bits per heavy atom. The average Bonchev–Trinajstić information content (AvgIpc) is 3.20. The number of rotatable bonds is 8. The second kappa shape index (κ2) is 11.0. The number of nitrogens with two attached hydrogens (primary N) is 1. The first-order chi connectivity index (χ1) is 16.9. The largest absolute Gasteiger partial charge is 0.493 e. The van der Waals surface area contributed by atoms with Gasteiger partial charge in [0.2, 0.25) is 0 Å². The van der Waals surface area contributed by atoms with Crippen molar-refractivity contribution in [2.75, 3.05) is 7.11 Å². The van der Waals surface area contributed by atoms with Crippen LogP contribution in [0.4, 0.5) is 22.0 Å². The molecule has 12 heteroatoms. The normalized spacial score (nSPS) is 17.6. The van der Waals surface area contributed by atoms with Crippen LogP contribution >= 0.6 is 11.6 Å². The SMILES string of the molecule is C=C(F)/C=C\C(=C/N)c1nc(Cl)c(C2C=C(OC)C(OC(C)c3ncc(C(F)(F)F)cc3F)=CC2)[nH]1. The molecule has 0 amide bonds. The zero-order valence-electron chi connectivity index (χ0n) is 19.2. The van der Waals surface area contributed by atoms with Crippen LogP contribution in [0.5, 0.6) is 0 Å². The molecule has 0 saturated carbocycles. The van der Waals surface area contributed by atoms with Crippen molar-refractivity contribution in [1.29, 1.82) is 0 Å². The summed E-state index contributed by atoms with van der Waals surface area (Å²) in [6.07, 6.45) is 2.33. The predicted molar refractivity (Wildman–Crippen MR) is 124 cm³/mol. The molecule has 1 aliphatic carbocycles. The highest BCUT2D eigenvalue weighted by Crippen LogP contribution is 2.37. The lowest BCUT2D eigenvalue weighted by Crippen LogP contribution is -2.13. The van der Waals surface area contributed by atoms with Crippen molar-refractivity contribution in [3.8, 4) is 0 Å². The van der Waals surface area contributed by atoms with Gasteiger partial charge in [-0.3, -0.25) is 4.98 Å². The molecule has 2 aromatic rings. The van der Waals surface area contributed by atoms with E-state index in [0.29, 0.717) is 41.5 Å². The molecule has 3 rings (SSSR count). The summed E-state index contributed by atoms with van der Waals surface area (Å²) in [4.78, 5) is 10.9. The fraction of sp³-hybridized carbons (Fsp3) is 0.250. The van der Waals surface area contributed by atoms with Crippen LogP contribution in [0.3, 0.4) is 0 Å². The lowest BCUT2D eigenvalue weighted by atomic mass is 9.96. The number of aromatic nitrogens is 3. The fourth-order valence-corrected chi connectivity index (χ4v) is 3.71. The van der Waals surface area contributed by atoms with Gasteiger partial charge in [-0.2, -0.15) is 13.2 Å². The van der Waals surface area contributed by atoms with Gasteiger partial charge < -0.3 is 20.2 Å². The summed E-state index contributed by atoms with van der Waals surface area (Å²) in [7, 11) is 1.40. The van der Waals surface area contributed by atoms with Crippen molar-refractivity contribution in [3.05, 3.63) is 100 Å². The van der Waals surface area contributed by atoms with Crippen molar-refractivity contribution in [2.45, 2.75) is 31.5 Å². The molecule has 6 nitrogen and oxygen atoms in total. The van der Waals surface area contributed by atoms with Crippen LogP contribution in [-0.2, 0) is 15.7 Å². The first kappa shape index (κ1) is 27.0. The zero-order chi connectivity index (χ0) is 26.6. The van der Waals surface area contributed by atoms with Crippen molar-refractivity contribution >= 4 is 17.2 Å². The van der Waals surface area contributed by atoms with Gasteiger partial charge >= 0.3 is 6.18 Å². The van der Waals surface area contributed by atoms with Crippen molar-refractivity contribution < 1.29 is 31.4 Å². The number of hydrogen-bond donors (Lipinski definition) is 2. The third-order valence-corrected chi connectivity index (χ3v) is 5.50. The summed E-state index contributed by atoms with van der Waals surface area (Å²) in [5, 5.41) is 0.163. The molecule has 2 heterocycles. The molecule has 0 saturated heterocycles. The lowest BCUT2D eigenvalue weighted by molar-refractivity contribution is -0.138. The second-order valence-corrected chi connectivity index (χ2v) is 8.04. The Morgan fingerprint density at radius 1 is 1.33 bits per heavy atom. The quantitative estimate of drug-likeness (QED) is 0.296. The minimum absolute atomic E-state index is 0.163. The van der Waals surface area contributed by atoms with Gasteiger partial charge in [-0.1, -0.05) is 18.2 Å². The minimum atomic E-state index is -4.71. The molecule has 2 atom stereocenters. The maximum Gasteiger partial charge on any atom is 0.417 e. The number of halogens is 6. The van der Waals surface area contributed by atoms with Gasteiger partial charge in [-0.25, -0.2) is 13.8 Å². The van der Waals surface area contributed by atoms with Crippen LogP contribution in [0.25, 0.3) is 5.57 Å². The first-order valence-electron chi connectivity index (χ1n) is 10.5. The van der Waals surface area contributed by atoms with Crippen LogP contribution in [-0.4, -0.2) is 22.1 Å². The Kier molecular flexibility index (Phi) is 8.24. The number of methoxy groups -OCH3 is 1. The molecule has 0 spiro atoms. The van der Waals surface area contributed by atoms with Crippen LogP contribution in [0.15, 0.2) is 66.7 Å². The molecule has 192 valence electrons. The van der Waals surface area contributed by atoms with Gasteiger partial charge in [0.25, 0.3) is 0 Å². The lowest BCUT2D eigenvalue weighted by Gasteiger charge is -2.24. The number of nitrogens with zero attached hydrogens (tertiary/aromatic N) is 2. The van der Waals surface area contributed by atoms with E-state index in [1.165, 1.54) is 26.3 Å². The van der Waals surface area contributed by atoms with Gasteiger partial charge in [-0.05, 0) is 43.7 Å². The van der Waals surface area contributed by atoms with E-state index in [2.05, 4.69) is 21.5 Å². The number of allylic oxidation sites excluding steroid dienone is 6. The van der Waals surface area contributed by atoms with Gasteiger partial charge in [0.15, 0.2) is 16.7 Å². The maximum absolute atomic E-state index is 14.3. The van der Waals surface area contributed by atoms with E-state index in [0.717, 1.165) is 6.08 Å². The Bertz CT molecular complexity index is 1260. The maximum atomic E-state index is 14.3. The molecule has 0 radical (unpaired) electrons. The van der Waals surface area contributed by atoms with Gasteiger partial charge in [0, 0.05) is 23.9 Å². The van der Waals surface area contributed by atoms with Gasteiger partial charge in [-0.15, -0.1) is 0 Å². The molecular weight excluding hydrogens is 507 g/mol. The number of aromatic amines is 1. The predicted octanol–water partition coefficient (Wildman–Crippen LogP) is 6.63. The fourth-order valence-electron chi connectivity index (χ4n) is 3.43. The Balaban J connectivity index is 1.79. The summed E-state index contributed by atoms with van der Waals surface area (Å²) < 4.78 is 76.8. The van der Waals surface area contributed by atoms with E-state index >= 15 is 0 Å². The molecule has 0 aromatic carbocycles. The zero-order valence-corrected chi connectivity index (χ0v) is 19.9. The van der Waals surface area contributed by atoms with E-state index in [4.69, 9.17) is 26.8 Å². The van der Waals surface area contributed by atoms with E-state index in [-0.39, 0.29) is 22.5 Å². The van der Waals surface area contributed by atoms with Crippen LogP contribution in [0.2, 0.25) is 5.15 Å². The highest BCUT2D eigenvalue weighted by atomic mass is 35.5. The molecule has 0 fully saturated rings. The topological polar surface area (TPSA) is 86.1 Å². The molecule has 2 aromatic heterocycles. The summed E-state index contributed by atoms with van der Waals surface area (Å²) >= 11 is 6.32. The summed E-state index contributed by atoms with van der Waals surface area (Å²) in [5.74, 6) is -1.26. The summed E-state index contributed by atoms with van der Waals surface area (Å²) in [6, 6.07) is 0.376. The number of ether oxygens (including phenoxy) is 2. The monoisotopic (exact) mass is 528 g/mol. The van der Waals surface area contributed by atoms with Crippen LogP contribution < -0.4 is 5.73 Å². The second-order valence-electron chi connectivity index (χ2n) is 7.69. The average molecular weight is 529 g/mol. The highest BCUT2D eigenvalue weighted by Gasteiger charge is 2.33. The van der Waals surface area contributed by atoms with Gasteiger partial charge in [0.05, 0.1) is 18.4 Å². The summed E-state index contributed by atoms with van der Waals surface area (Å²) in [6.45, 7) is 4.60. The Morgan fingerprint density at radius 2 is 2.06 bits per heavy atom. The number of nitrogens with one attached hydrogen (secondary N) is 1. The van der Waals surface area contributed by atoms with Crippen molar-refractivity contribution in [2.24, 2.45) is 5.73 Å². The Labute approximate surface area is 208 Å². The van der Waals surface area contributed by atoms with E-state index in [1.54, 1.807) is 12.2 Å². The molecule has 36 heavy (non-hydrogen) atoms. The standard InChI is InChI=1S/C24H22ClF5N4O2/c1-12(26)4-5-15(10-31)23-33-21(22(25)34-23)14-6-7-18(19(8-14)35-3)36-13(2)20-17(27)9-16(11-32-20)24(28,29)30/h4-5,7-11,13-14H,1,6,31H2,2-3H3,(H,33,34)/b5-4-,15-10+. The molecular formula is C24H22ClF5N4O2. The molecule has 3 N–H and O–H groups in total. The van der Waals surface area contributed by atoms with Crippen molar-refractivity contribution in [3.63, 3.8) is 0 Å². The third-order valence-electron chi connectivity index (χ3n) is 5.21. The minimum Gasteiger partial charge on any atom is -0.493 e.